The van der Waals surface area contributed by atoms with Crippen molar-refractivity contribution < 1.29 is 20.0 Å². The molecule has 0 unspecified atom stereocenters. The molecule has 6 heteroatoms. The van der Waals surface area contributed by atoms with Gasteiger partial charge in [-0.05, 0) is 24.3 Å². The molecule has 0 amide bonds. The highest BCUT2D eigenvalue weighted by molar-refractivity contribution is 5.90. The molecule has 4 aromatic rings. The summed E-state index contributed by atoms with van der Waals surface area (Å²) in [5.74, 6) is 0.0571. The van der Waals surface area contributed by atoms with E-state index in [9.17, 15) is 10.2 Å². The SMILES string of the molecule is Oc1[nH]c2ccccc2c1OOc1c(O)[nH]c2ccccc12. The lowest BCUT2D eigenvalue weighted by Gasteiger charge is -2.04. The number of para-hydroxylation sites is 2. The van der Waals surface area contributed by atoms with Gasteiger partial charge in [0.1, 0.15) is 0 Å². The minimum absolute atomic E-state index is 0.138. The summed E-state index contributed by atoms with van der Waals surface area (Å²) < 4.78 is 0. The van der Waals surface area contributed by atoms with Crippen molar-refractivity contribution in [1.82, 2.24) is 9.97 Å². The van der Waals surface area contributed by atoms with E-state index in [0.717, 1.165) is 11.0 Å². The fourth-order valence-corrected chi connectivity index (χ4v) is 2.46. The van der Waals surface area contributed by atoms with Crippen molar-refractivity contribution in [2.45, 2.75) is 0 Å². The zero-order chi connectivity index (χ0) is 15.1. The summed E-state index contributed by atoms with van der Waals surface area (Å²) in [4.78, 5) is 16.1. The van der Waals surface area contributed by atoms with E-state index in [1.165, 1.54) is 0 Å². The minimum Gasteiger partial charge on any atom is -0.492 e. The molecule has 4 rings (SSSR count). The van der Waals surface area contributed by atoms with Crippen molar-refractivity contribution in [2.75, 3.05) is 0 Å². The molecule has 0 radical (unpaired) electrons. The lowest BCUT2D eigenvalue weighted by atomic mass is 10.2. The Balaban J connectivity index is 1.72. The van der Waals surface area contributed by atoms with Gasteiger partial charge in [-0.2, -0.15) is 0 Å². The maximum atomic E-state index is 9.91. The molecule has 0 spiro atoms. The summed E-state index contributed by atoms with van der Waals surface area (Å²) in [5.41, 5.74) is 1.45. The zero-order valence-electron chi connectivity index (χ0n) is 11.3. The summed E-state index contributed by atoms with van der Waals surface area (Å²) in [5, 5.41) is 21.2. The number of aromatic nitrogens is 2. The van der Waals surface area contributed by atoms with Crippen LogP contribution in [0, 0.1) is 0 Å². The quantitative estimate of drug-likeness (QED) is 0.344. The van der Waals surface area contributed by atoms with Crippen molar-refractivity contribution in [3.8, 4) is 23.3 Å². The third kappa shape index (κ3) is 1.81. The topological polar surface area (TPSA) is 90.5 Å². The second-order valence-electron chi connectivity index (χ2n) is 4.86. The van der Waals surface area contributed by atoms with Crippen molar-refractivity contribution in [1.29, 1.82) is 0 Å². The number of rotatable bonds is 3. The van der Waals surface area contributed by atoms with Crippen LogP contribution in [0.1, 0.15) is 0 Å². The number of aromatic hydroxyl groups is 2. The first-order chi connectivity index (χ1) is 10.7. The zero-order valence-corrected chi connectivity index (χ0v) is 11.3. The maximum absolute atomic E-state index is 9.91. The molecular formula is C16H12N2O4. The van der Waals surface area contributed by atoms with E-state index >= 15 is 0 Å². The predicted octanol–water partition coefficient (Wildman–Crippen LogP) is 3.43. The largest absolute Gasteiger partial charge is 0.492 e. The third-order valence-corrected chi connectivity index (χ3v) is 3.49. The molecule has 0 fully saturated rings. The van der Waals surface area contributed by atoms with E-state index in [4.69, 9.17) is 9.78 Å². The van der Waals surface area contributed by atoms with E-state index in [1.807, 2.05) is 36.4 Å². The lowest BCUT2D eigenvalue weighted by molar-refractivity contribution is -0.100. The number of aromatic amines is 2. The third-order valence-electron chi connectivity index (χ3n) is 3.49. The van der Waals surface area contributed by atoms with Crippen molar-refractivity contribution in [3.05, 3.63) is 48.5 Å². The first-order valence-electron chi connectivity index (χ1n) is 6.68. The number of benzene rings is 2. The summed E-state index contributed by atoms with van der Waals surface area (Å²) in [6, 6.07) is 14.5. The van der Waals surface area contributed by atoms with Gasteiger partial charge in [-0.15, -0.1) is 0 Å². The number of nitrogens with one attached hydrogen (secondary N) is 2. The van der Waals surface area contributed by atoms with E-state index in [-0.39, 0.29) is 23.3 Å². The average molecular weight is 296 g/mol. The molecule has 110 valence electrons. The Morgan fingerprint density at radius 2 is 1.05 bits per heavy atom. The molecular weight excluding hydrogens is 284 g/mol. The Morgan fingerprint density at radius 1 is 0.636 bits per heavy atom. The van der Waals surface area contributed by atoms with Gasteiger partial charge in [-0.1, -0.05) is 24.3 Å². The highest BCUT2D eigenvalue weighted by atomic mass is 17.2. The summed E-state index contributed by atoms with van der Waals surface area (Å²) >= 11 is 0. The monoisotopic (exact) mass is 296 g/mol. The average Bonchev–Trinajstić information content (AvgIpc) is 3.01. The Bertz CT molecular complexity index is 891. The van der Waals surface area contributed by atoms with Crippen LogP contribution in [0.3, 0.4) is 0 Å². The normalized spacial score (nSPS) is 11.1. The molecule has 0 atom stereocenters. The first kappa shape index (κ1) is 12.5. The minimum atomic E-state index is -0.138. The molecule has 2 aromatic heterocycles. The van der Waals surface area contributed by atoms with Gasteiger partial charge in [0, 0.05) is 0 Å². The van der Waals surface area contributed by atoms with Gasteiger partial charge in [-0.3, -0.25) is 9.78 Å². The van der Waals surface area contributed by atoms with Gasteiger partial charge in [0.05, 0.1) is 21.8 Å². The van der Waals surface area contributed by atoms with Crippen LogP contribution in [0.2, 0.25) is 0 Å². The van der Waals surface area contributed by atoms with E-state index in [1.54, 1.807) is 12.1 Å². The summed E-state index contributed by atoms with van der Waals surface area (Å²) in [6.07, 6.45) is 0. The molecule has 0 aliphatic carbocycles. The van der Waals surface area contributed by atoms with Gasteiger partial charge >= 0.3 is 0 Å². The van der Waals surface area contributed by atoms with Gasteiger partial charge in [0.15, 0.2) is 0 Å². The van der Waals surface area contributed by atoms with Crippen LogP contribution in [0.15, 0.2) is 48.5 Å². The van der Waals surface area contributed by atoms with Crippen LogP contribution in [-0.2, 0) is 0 Å². The number of hydrogen-bond acceptors (Lipinski definition) is 4. The standard InChI is InChI=1S/C16H12N2O4/c19-15-13(9-5-1-3-7-11(9)17-15)21-22-14-10-6-2-4-8-12(10)18-16(14)20/h1-8,17-20H. The van der Waals surface area contributed by atoms with Gasteiger partial charge in [0.25, 0.3) is 0 Å². The highest BCUT2D eigenvalue weighted by Crippen LogP contribution is 2.38. The van der Waals surface area contributed by atoms with Crippen molar-refractivity contribution >= 4 is 21.8 Å². The molecule has 0 saturated heterocycles. The van der Waals surface area contributed by atoms with Crippen LogP contribution >= 0.6 is 0 Å². The Labute approximate surface area is 124 Å². The molecule has 0 aliphatic heterocycles. The smallest absolute Gasteiger partial charge is 0.247 e. The first-order valence-corrected chi connectivity index (χ1v) is 6.68. The fourth-order valence-electron chi connectivity index (χ4n) is 2.46. The van der Waals surface area contributed by atoms with Crippen molar-refractivity contribution in [3.63, 3.8) is 0 Å². The molecule has 2 heterocycles. The molecule has 22 heavy (non-hydrogen) atoms. The van der Waals surface area contributed by atoms with Gasteiger partial charge < -0.3 is 20.2 Å². The lowest BCUT2D eigenvalue weighted by Crippen LogP contribution is -1.99. The van der Waals surface area contributed by atoms with Crippen LogP contribution < -0.4 is 9.78 Å². The van der Waals surface area contributed by atoms with Crippen molar-refractivity contribution in [2.24, 2.45) is 0 Å². The van der Waals surface area contributed by atoms with Gasteiger partial charge in [-0.25, -0.2) is 0 Å². The van der Waals surface area contributed by atoms with Crippen LogP contribution in [-0.4, -0.2) is 20.2 Å². The molecule has 0 bridgehead atoms. The van der Waals surface area contributed by atoms with Gasteiger partial charge in [0.2, 0.25) is 23.3 Å². The van der Waals surface area contributed by atoms with E-state index in [2.05, 4.69) is 9.97 Å². The van der Waals surface area contributed by atoms with Crippen LogP contribution in [0.5, 0.6) is 23.3 Å². The molecule has 0 aliphatic rings. The van der Waals surface area contributed by atoms with E-state index in [0.29, 0.717) is 10.8 Å². The highest BCUT2D eigenvalue weighted by Gasteiger charge is 2.17. The van der Waals surface area contributed by atoms with E-state index < -0.39 is 0 Å². The van der Waals surface area contributed by atoms with Crippen LogP contribution in [0.25, 0.3) is 21.8 Å². The summed E-state index contributed by atoms with van der Waals surface area (Å²) in [6.45, 7) is 0. The number of hydrogen-bond donors (Lipinski definition) is 4. The fraction of sp³-hybridized carbons (Fsp3) is 0. The number of fused-ring (bicyclic) bond motifs is 2. The molecule has 0 saturated carbocycles. The summed E-state index contributed by atoms with van der Waals surface area (Å²) in [7, 11) is 0. The molecule has 4 N–H and O–H groups in total. The molecule has 6 nitrogen and oxygen atoms in total. The molecule has 2 aromatic carbocycles. The second kappa shape index (κ2) is 4.63. The Kier molecular flexibility index (Phi) is 2.62. The second-order valence-corrected chi connectivity index (χ2v) is 4.86. The van der Waals surface area contributed by atoms with Crippen LogP contribution in [0.4, 0.5) is 0 Å². The Hall–Kier alpha value is -3.28. The predicted molar refractivity (Wildman–Crippen MR) is 81.2 cm³/mol. The maximum Gasteiger partial charge on any atom is 0.247 e. The number of H-pyrrole nitrogens is 2. The Morgan fingerprint density at radius 3 is 1.50 bits per heavy atom.